The number of hydrogen-bond donors (Lipinski definition) is 4. The summed E-state index contributed by atoms with van der Waals surface area (Å²) in [5, 5.41) is 33.3. The lowest BCUT2D eigenvalue weighted by Crippen LogP contribution is -2.55. The number of carbonyl (C=O) groups is 3. The highest BCUT2D eigenvalue weighted by Gasteiger charge is 2.40. The van der Waals surface area contributed by atoms with Crippen LogP contribution in [-0.4, -0.2) is 90.0 Å². The van der Waals surface area contributed by atoms with Crippen LogP contribution in [0.5, 0.6) is 17.2 Å². The number of nitrogens with one attached hydrogen (secondary N) is 1. The Morgan fingerprint density at radius 1 is 1.07 bits per heavy atom. The van der Waals surface area contributed by atoms with Gasteiger partial charge in [0.1, 0.15) is 23.7 Å². The number of aliphatic hydroxyl groups is 3. The van der Waals surface area contributed by atoms with Crippen LogP contribution in [0.15, 0.2) is 48.0 Å². The first-order valence-electron chi connectivity index (χ1n) is 14.5. The smallest absolute Gasteiger partial charge is 0.247 e. The van der Waals surface area contributed by atoms with E-state index in [1.807, 2.05) is 46.9 Å². The van der Waals surface area contributed by atoms with Crippen LogP contribution in [0.1, 0.15) is 43.7 Å². The maximum Gasteiger partial charge on any atom is 0.247 e. The molecular weight excluding hydrogens is 683 g/mol. The van der Waals surface area contributed by atoms with E-state index < -0.39 is 24.2 Å². The minimum absolute atomic E-state index is 0.0222. The summed E-state index contributed by atoms with van der Waals surface area (Å²) < 4.78 is 17.9. The number of amides is 2. The third-order valence-corrected chi connectivity index (χ3v) is 8.20. The Hall–Kier alpha value is -3.20. The van der Waals surface area contributed by atoms with Gasteiger partial charge in [-0.3, -0.25) is 9.59 Å². The molecule has 3 unspecified atom stereocenters. The predicted octanol–water partition coefficient (Wildman–Crippen LogP) is 2.55. The van der Waals surface area contributed by atoms with Gasteiger partial charge < -0.3 is 44.5 Å². The number of hydrogen-bond acceptors (Lipinski definition) is 9. The van der Waals surface area contributed by atoms with Crippen LogP contribution in [0.2, 0.25) is 0 Å². The highest BCUT2D eigenvalue weighted by molar-refractivity contribution is 14.1. The van der Waals surface area contributed by atoms with Gasteiger partial charge in [0.25, 0.3) is 0 Å². The van der Waals surface area contributed by atoms with E-state index in [4.69, 9.17) is 14.2 Å². The summed E-state index contributed by atoms with van der Waals surface area (Å²) in [6, 6.07) is 9.96. The normalized spacial score (nSPS) is 17.8. The minimum Gasteiger partial charge on any atom is -0.496 e. The van der Waals surface area contributed by atoms with E-state index in [-0.39, 0.29) is 57.3 Å². The van der Waals surface area contributed by atoms with Crippen molar-refractivity contribution in [2.45, 2.75) is 63.9 Å². The van der Waals surface area contributed by atoms with Crippen LogP contribution in [-0.2, 0) is 27.4 Å². The maximum absolute atomic E-state index is 13.7. The lowest BCUT2D eigenvalue weighted by atomic mass is 9.87. The fraction of sp³-hybridized carbons (Fsp3) is 0.469. The fourth-order valence-electron chi connectivity index (χ4n) is 5.15. The van der Waals surface area contributed by atoms with Crippen LogP contribution in [0.25, 0.3) is 0 Å². The second-order valence-corrected chi connectivity index (χ2v) is 11.6. The molecular formula is C32H41IN2O9. The van der Waals surface area contributed by atoms with E-state index in [1.54, 1.807) is 24.1 Å². The number of benzene rings is 2. The van der Waals surface area contributed by atoms with E-state index in [0.29, 0.717) is 44.8 Å². The fourth-order valence-corrected chi connectivity index (χ4v) is 5.95. The summed E-state index contributed by atoms with van der Waals surface area (Å²) in [6.07, 6.45) is 0.395. The molecule has 0 aromatic heterocycles. The number of methoxy groups -OCH3 is 2. The van der Waals surface area contributed by atoms with Crippen molar-refractivity contribution in [1.29, 1.82) is 0 Å². The molecule has 0 aliphatic heterocycles. The van der Waals surface area contributed by atoms with Gasteiger partial charge in [0.2, 0.25) is 11.8 Å². The zero-order valence-electron chi connectivity index (χ0n) is 25.3. The van der Waals surface area contributed by atoms with E-state index >= 15 is 0 Å². The molecule has 0 saturated carbocycles. The topological polar surface area (TPSA) is 155 Å². The van der Waals surface area contributed by atoms with Gasteiger partial charge in [-0.2, -0.15) is 0 Å². The molecule has 44 heavy (non-hydrogen) atoms. The molecule has 2 aromatic carbocycles. The Labute approximate surface area is 271 Å². The molecule has 3 atom stereocenters. The number of nitrogens with zero attached hydrogens (tertiary/aromatic N) is 1. The molecule has 0 spiro atoms. The quantitative estimate of drug-likeness (QED) is 0.191. The maximum atomic E-state index is 13.7. The number of para-hydroxylation sites is 1. The summed E-state index contributed by atoms with van der Waals surface area (Å²) >= 11 is 2.05. The molecule has 3 rings (SSSR count). The van der Waals surface area contributed by atoms with Crippen molar-refractivity contribution in [2.24, 2.45) is 0 Å². The molecule has 2 amide bonds. The average molecular weight is 725 g/mol. The average Bonchev–Trinajstić information content (AvgIpc) is 3.01. The van der Waals surface area contributed by atoms with Crippen molar-refractivity contribution in [3.63, 3.8) is 0 Å². The van der Waals surface area contributed by atoms with Crippen LogP contribution in [0, 0.1) is 3.57 Å². The predicted molar refractivity (Wildman–Crippen MR) is 172 cm³/mol. The Kier molecular flexibility index (Phi) is 13.9. The monoisotopic (exact) mass is 724 g/mol. The van der Waals surface area contributed by atoms with Gasteiger partial charge in [-0.25, -0.2) is 0 Å². The number of Topliss-reactive ketones (excluding diaryl/α,β-unsaturated/α-hetero) is 1. The molecule has 1 aliphatic rings. The van der Waals surface area contributed by atoms with Crippen molar-refractivity contribution in [1.82, 2.24) is 10.2 Å². The SMILES string of the molecule is COc1ccccc1CCN(C(=O)CCCC(C)=O)C1CC(C(=O)NCCO)=CC(Oc2c(I)cc(CO)cc2OC)C1O. The molecule has 0 radical (unpaired) electrons. The highest BCUT2D eigenvalue weighted by Crippen LogP contribution is 2.37. The van der Waals surface area contributed by atoms with E-state index in [9.17, 15) is 29.7 Å². The molecule has 11 nitrogen and oxygen atoms in total. The van der Waals surface area contributed by atoms with Gasteiger partial charge in [-0.1, -0.05) is 18.2 Å². The molecule has 4 N–H and O–H groups in total. The Morgan fingerprint density at radius 2 is 1.80 bits per heavy atom. The number of halogens is 1. The molecule has 0 saturated heterocycles. The van der Waals surface area contributed by atoms with Gasteiger partial charge in [0.15, 0.2) is 11.5 Å². The number of rotatable bonds is 16. The van der Waals surface area contributed by atoms with E-state index in [2.05, 4.69) is 5.32 Å². The van der Waals surface area contributed by atoms with Crippen molar-refractivity contribution in [3.8, 4) is 17.2 Å². The molecule has 0 bridgehead atoms. The first-order chi connectivity index (χ1) is 21.1. The van der Waals surface area contributed by atoms with Crippen LogP contribution >= 0.6 is 22.6 Å². The summed E-state index contributed by atoms with van der Waals surface area (Å²) in [6.45, 7) is 1.26. The third kappa shape index (κ3) is 9.40. The van der Waals surface area contributed by atoms with Gasteiger partial charge in [-0.05, 0) is 77.8 Å². The lowest BCUT2D eigenvalue weighted by molar-refractivity contribution is -0.138. The van der Waals surface area contributed by atoms with Crippen molar-refractivity contribution < 1.29 is 43.9 Å². The van der Waals surface area contributed by atoms with Gasteiger partial charge >= 0.3 is 0 Å². The minimum atomic E-state index is -1.24. The first kappa shape index (κ1) is 35.3. The number of ketones is 1. The van der Waals surface area contributed by atoms with E-state index in [1.165, 1.54) is 20.1 Å². The number of carbonyl (C=O) groups excluding carboxylic acids is 3. The number of ether oxygens (including phenoxy) is 3. The second-order valence-electron chi connectivity index (χ2n) is 10.5. The second kappa shape index (κ2) is 17.3. The van der Waals surface area contributed by atoms with Gasteiger partial charge in [-0.15, -0.1) is 0 Å². The molecule has 240 valence electrons. The molecule has 0 heterocycles. The lowest BCUT2D eigenvalue weighted by Gasteiger charge is -2.41. The van der Waals surface area contributed by atoms with Gasteiger partial charge in [0.05, 0.1) is 37.0 Å². The zero-order valence-corrected chi connectivity index (χ0v) is 27.4. The van der Waals surface area contributed by atoms with Crippen LogP contribution < -0.4 is 19.5 Å². The Morgan fingerprint density at radius 3 is 2.45 bits per heavy atom. The largest absolute Gasteiger partial charge is 0.496 e. The highest BCUT2D eigenvalue weighted by atomic mass is 127. The molecule has 12 heteroatoms. The van der Waals surface area contributed by atoms with Gasteiger partial charge in [0, 0.05) is 37.9 Å². The summed E-state index contributed by atoms with van der Waals surface area (Å²) in [5.41, 5.74) is 1.77. The first-order valence-corrected chi connectivity index (χ1v) is 15.5. The van der Waals surface area contributed by atoms with Crippen LogP contribution in [0.3, 0.4) is 0 Å². The van der Waals surface area contributed by atoms with Crippen molar-refractivity contribution in [3.05, 3.63) is 62.7 Å². The molecule has 0 fully saturated rings. The third-order valence-electron chi connectivity index (χ3n) is 7.39. The number of aliphatic hydroxyl groups excluding tert-OH is 3. The Bertz CT molecular complexity index is 1330. The molecule has 1 aliphatic carbocycles. The Balaban J connectivity index is 2.01. The summed E-state index contributed by atoms with van der Waals surface area (Å²) in [4.78, 5) is 40.0. The standard InChI is InChI=1S/C32H41IN2O9/c1-20(38)7-6-10-29(39)35(13-11-22-8-4-5-9-26(22)42-2)25-17-23(32(41)34-12-14-36)18-27(30(25)40)44-31-24(33)15-21(19-37)16-28(31)43-3/h4-5,8-9,15-16,18,25,27,30,36-37,40H,6-7,10-14,17,19H2,1-3H3,(H,34,41). The van der Waals surface area contributed by atoms with Crippen molar-refractivity contribution >= 4 is 40.2 Å². The van der Waals surface area contributed by atoms with Crippen LogP contribution in [0.4, 0.5) is 0 Å². The van der Waals surface area contributed by atoms with E-state index in [0.717, 1.165) is 5.56 Å². The van der Waals surface area contributed by atoms with Crippen molar-refractivity contribution in [2.75, 3.05) is 33.9 Å². The zero-order chi connectivity index (χ0) is 32.2. The summed E-state index contributed by atoms with van der Waals surface area (Å²) in [5.74, 6) is 0.582. The molecule has 2 aromatic rings. The summed E-state index contributed by atoms with van der Waals surface area (Å²) in [7, 11) is 3.03.